The highest BCUT2D eigenvalue weighted by atomic mass is 16.5. The van der Waals surface area contributed by atoms with Gasteiger partial charge < -0.3 is 14.7 Å². The van der Waals surface area contributed by atoms with Crippen molar-refractivity contribution in [2.45, 2.75) is 33.3 Å². The van der Waals surface area contributed by atoms with Crippen LogP contribution in [0.5, 0.6) is 5.75 Å². The van der Waals surface area contributed by atoms with Crippen LogP contribution in [-0.4, -0.2) is 35.6 Å². The molecule has 0 radical (unpaired) electrons. The molecule has 0 aromatic heterocycles. The number of aliphatic hydroxyl groups is 1. The van der Waals surface area contributed by atoms with E-state index in [9.17, 15) is 9.90 Å². The molecule has 1 saturated heterocycles. The van der Waals surface area contributed by atoms with Crippen LogP contribution in [0, 0.1) is 11.8 Å². The number of benzene rings is 1. The van der Waals surface area contributed by atoms with Crippen LogP contribution in [0.15, 0.2) is 24.3 Å². The maximum Gasteiger partial charge on any atom is 0.223 e. The van der Waals surface area contributed by atoms with Crippen LogP contribution in [0.2, 0.25) is 0 Å². The average molecular weight is 291 g/mol. The van der Waals surface area contributed by atoms with Gasteiger partial charge in [0.15, 0.2) is 0 Å². The second-order valence-corrected chi connectivity index (χ2v) is 6.02. The second kappa shape index (κ2) is 6.94. The summed E-state index contributed by atoms with van der Waals surface area (Å²) in [5.41, 5.74) is 0.819. The molecule has 4 heteroatoms. The number of β-amino-alcohol motifs (C(OH)–C–C–N with tert-alkyl or cyclic N) is 1. The molecule has 2 atom stereocenters. The quantitative estimate of drug-likeness (QED) is 0.876. The summed E-state index contributed by atoms with van der Waals surface area (Å²) in [7, 11) is 0. The molecule has 2 rings (SSSR count). The van der Waals surface area contributed by atoms with E-state index in [1.807, 2.05) is 31.2 Å². The summed E-state index contributed by atoms with van der Waals surface area (Å²) >= 11 is 0. The second-order valence-electron chi connectivity index (χ2n) is 6.02. The average Bonchev–Trinajstić information content (AvgIpc) is 2.81. The van der Waals surface area contributed by atoms with Gasteiger partial charge in [-0.2, -0.15) is 0 Å². The number of amides is 1. The Morgan fingerprint density at radius 3 is 2.52 bits per heavy atom. The van der Waals surface area contributed by atoms with Crippen LogP contribution >= 0.6 is 0 Å². The Hall–Kier alpha value is -1.55. The lowest BCUT2D eigenvalue weighted by Crippen LogP contribution is -2.30. The third-order valence-corrected chi connectivity index (χ3v) is 4.16. The topological polar surface area (TPSA) is 49.8 Å². The van der Waals surface area contributed by atoms with Crippen LogP contribution in [0.25, 0.3) is 0 Å². The highest BCUT2D eigenvalue weighted by molar-refractivity contribution is 5.78. The number of nitrogens with zero attached hydrogens (tertiary/aromatic N) is 1. The molecule has 0 bridgehead atoms. The normalized spacial score (nSPS) is 20.1. The molecular formula is C17H25NO3. The SMILES string of the molecule is CCOc1ccc(C(O)CN2CC(C(C)C)CC2=O)cc1. The predicted molar refractivity (Wildman–Crippen MR) is 82.1 cm³/mol. The number of rotatable bonds is 6. The first-order valence-corrected chi connectivity index (χ1v) is 7.69. The zero-order valence-corrected chi connectivity index (χ0v) is 13.1. The minimum Gasteiger partial charge on any atom is -0.494 e. The molecule has 1 fully saturated rings. The fourth-order valence-corrected chi connectivity index (χ4v) is 2.69. The summed E-state index contributed by atoms with van der Waals surface area (Å²) in [5, 5.41) is 10.3. The van der Waals surface area contributed by atoms with Crippen molar-refractivity contribution in [2.75, 3.05) is 19.7 Å². The first-order chi connectivity index (χ1) is 10.0. The molecule has 1 aromatic rings. The van der Waals surface area contributed by atoms with E-state index in [4.69, 9.17) is 4.74 Å². The predicted octanol–water partition coefficient (Wildman–Crippen LogP) is 2.62. The van der Waals surface area contributed by atoms with Crippen molar-refractivity contribution in [2.24, 2.45) is 11.8 Å². The van der Waals surface area contributed by atoms with E-state index in [0.29, 0.717) is 31.4 Å². The number of carbonyl (C=O) groups is 1. The zero-order chi connectivity index (χ0) is 15.4. The summed E-state index contributed by atoms with van der Waals surface area (Å²) in [5.74, 6) is 1.86. The van der Waals surface area contributed by atoms with E-state index in [-0.39, 0.29) is 5.91 Å². The zero-order valence-electron chi connectivity index (χ0n) is 13.1. The van der Waals surface area contributed by atoms with E-state index in [0.717, 1.165) is 17.9 Å². The summed E-state index contributed by atoms with van der Waals surface area (Å²) < 4.78 is 5.39. The first kappa shape index (κ1) is 15.8. The summed E-state index contributed by atoms with van der Waals surface area (Å²) in [6.45, 7) is 7.98. The van der Waals surface area contributed by atoms with Crippen molar-refractivity contribution in [3.63, 3.8) is 0 Å². The lowest BCUT2D eigenvalue weighted by Gasteiger charge is -2.21. The third-order valence-electron chi connectivity index (χ3n) is 4.16. The monoisotopic (exact) mass is 291 g/mol. The van der Waals surface area contributed by atoms with E-state index in [2.05, 4.69) is 13.8 Å². The molecule has 1 heterocycles. The minimum atomic E-state index is -0.643. The van der Waals surface area contributed by atoms with Crippen LogP contribution in [0.1, 0.15) is 38.9 Å². The summed E-state index contributed by atoms with van der Waals surface area (Å²) in [6, 6.07) is 7.42. The van der Waals surface area contributed by atoms with Crippen molar-refractivity contribution >= 4 is 5.91 Å². The van der Waals surface area contributed by atoms with Crippen LogP contribution < -0.4 is 4.74 Å². The Labute approximate surface area is 126 Å². The van der Waals surface area contributed by atoms with Gasteiger partial charge in [-0.3, -0.25) is 4.79 Å². The Kier molecular flexibility index (Phi) is 5.23. The van der Waals surface area contributed by atoms with Crippen LogP contribution in [0.4, 0.5) is 0 Å². The van der Waals surface area contributed by atoms with Crippen molar-refractivity contribution in [1.29, 1.82) is 0 Å². The van der Waals surface area contributed by atoms with Crippen molar-refractivity contribution < 1.29 is 14.6 Å². The Morgan fingerprint density at radius 1 is 1.33 bits per heavy atom. The van der Waals surface area contributed by atoms with Gasteiger partial charge in [-0.15, -0.1) is 0 Å². The van der Waals surface area contributed by atoms with E-state index in [1.54, 1.807) is 4.90 Å². The van der Waals surface area contributed by atoms with Crippen LogP contribution in [-0.2, 0) is 4.79 Å². The molecule has 1 N–H and O–H groups in total. The number of carbonyl (C=O) groups excluding carboxylic acids is 1. The van der Waals surface area contributed by atoms with E-state index < -0.39 is 6.10 Å². The van der Waals surface area contributed by atoms with Crippen molar-refractivity contribution in [3.05, 3.63) is 29.8 Å². The molecule has 0 saturated carbocycles. The van der Waals surface area contributed by atoms with Crippen molar-refractivity contribution in [1.82, 2.24) is 4.90 Å². The maximum atomic E-state index is 12.0. The molecule has 1 aromatic carbocycles. The fraction of sp³-hybridized carbons (Fsp3) is 0.588. The van der Waals surface area contributed by atoms with Gasteiger partial charge in [-0.25, -0.2) is 0 Å². The number of ether oxygens (including phenoxy) is 1. The van der Waals surface area contributed by atoms with Gasteiger partial charge >= 0.3 is 0 Å². The number of likely N-dealkylation sites (tertiary alicyclic amines) is 1. The molecule has 1 aliphatic heterocycles. The van der Waals surface area contributed by atoms with Gasteiger partial charge in [0.1, 0.15) is 5.75 Å². The molecule has 0 aliphatic carbocycles. The highest BCUT2D eigenvalue weighted by Crippen LogP contribution is 2.27. The molecule has 4 nitrogen and oxygen atoms in total. The van der Waals surface area contributed by atoms with Gasteiger partial charge in [0, 0.05) is 13.0 Å². The smallest absolute Gasteiger partial charge is 0.223 e. The molecule has 1 aliphatic rings. The number of hydrogen-bond donors (Lipinski definition) is 1. The minimum absolute atomic E-state index is 0.152. The Morgan fingerprint density at radius 2 is 2.00 bits per heavy atom. The summed E-state index contributed by atoms with van der Waals surface area (Å²) in [4.78, 5) is 13.8. The third kappa shape index (κ3) is 3.97. The van der Waals surface area contributed by atoms with Gasteiger partial charge in [-0.1, -0.05) is 26.0 Å². The first-order valence-electron chi connectivity index (χ1n) is 7.69. The maximum absolute atomic E-state index is 12.0. The van der Waals surface area contributed by atoms with Crippen LogP contribution in [0.3, 0.4) is 0 Å². The van der Waals surface area contributed by atoms with Gasteiger partial charge in [0.25, 0.3) is 0 Å². The standard InChI is InChI=1S/C17H25NO3/c1-4-21-15-7-5-13(6-8-15)16(19)11-18-10-14(12(2)3)9-17(18)20/h5-8,12,14,16,19H,4,9-11H2,1-3H3. The summed E-state index contributed by atoms with van der Waals surface area (Å²) in [6.07, 6.45) is -0.0382. The largest absolute Gasteiger partial charge is 0.494 e. The Balaban J connectivity index is 1.95. The Bertz CT molecular complexity index is 469. The number of hydrogen-bond acceptors (Lipinski definition) is 3. The lowest BCUT2D eigenvalue weighted by atomic mass is 9.95. The van der Waals surface area contributed by atoms with E-state index in [1.165, 1.54) is 0 Å². The van der Waals surface area contributed by atoms with Gasteiger partial charge in [-0.05, 0) is 36.5 Å². The highest BCUT2D eigenvalue weighted by Gasteiger charge is 2.32. The fourth-order valence-electron chi connectivity index (χ4n) is 2.69. The van der Waals surface area contributed by atoms with Crippen molar-refractivity contribution in [3.8, 4) is 5.75 Å². The van der Waals surface area contributed by atoms with E-state index >= 15 is 0 Å². The molecular weight excluding hydrogens is 266 g/mol. The molecule has 116 valence electrons. The molecule has 2 unspecified atom stereocenters. The lowest BCUT2D eigenvalue weighted by molar-refractivity contribution is -0.129. The molecule has 1 amide bonds. The van der Waals surface area contributed by atoms with Gasteiger partial charge in [0.05, 0.1) is 19.3 Å². The number of aliphatic hydroxyl groups excluding tert-OH is 1. The molecule has 21 heavy (non-hydrogen) atoms. The van der Waals surface area contributed by atoms with Gasteiger partial charge in [0.2, 0.25) is 5.91 Å². The molecule has 0 spiro atoms.